The van der Waals surface area contributed by atoms with E-state index in [1.165, 1.54) is 4.90 Å². The van der Waals surface area contributed by atoms with E-state index in [2.05, 4.69) is 10.2 Å². The molecule has 1 aliphatic carbocycles. The van der Waals surface area contributed by atoms with Crippen molar-refractivity contribution in [2.45, 2.75) is 45.1 Å². The number of carbonyl (C=O) groups excluding carboxylic acids is 3. The monoisotopic (exact) mass is 498 g/mol. The topological polar surface area (TPSA) is 91.4 Å². The quantitative estimate of drug-likeness (QED) is 0.582. The van der Waals surface area contributed by atoms with Crippen molar-refractivity contribution in [3.63, 3.8) is 0 Å². The molecule has 2 fully saturated rings. The molecule has 1 saturated heterocycles. The molecule has 2 heterocycles. The van der Waals surface area contributed by atoms with E-state index >= 15 is 0 Å². The summed E-state index contributed by atoms with van der Waals surface area (Å²) in [6.07, 6.45) is 5.14. The number of methoxy groups -OCH3 is 1. The summed E-state index contributed by atoms with van der Waals surface area (Å²) < 4.78 is 11.0. The highest BCUT2D eigenvalue weighted by atomic mass is 16.5. The Morgan fingerprint density at radius 3 is 2.53 bits per heavy atom. The van der Waals surface area contributed by atoms with Crippen molar-refractivity contribution < 1.29 is 23.9 Å². The van der Waals surface area contributed by atoms with Crippen LogP contribution in [0.3, 0.4) is 0 Å². The number of likely N-dealkylation sites (N-methyl/N-ethyl adjacent to an activating group) is 1. The van der Waals surface area contributed by atoms with E-state index < -0.39 is 12.0 Å². The SMILES string of the molecule is CCOC(=O)C1=C(CN2CCCN(C(=O)C3CCCC3)CC2)N(C)C(=O)NC1c1ccccc1OC. The molecule has 9 heteroatoms. The first-order valence-corrected chi connectivity index (χ1v) is 13.0. The summed E-state index contributed by atoms with van der Waals surface area (Å²) in [6, 6.07) is 6.39. The van der Waals surface area contributed by atoms with E-state index in [1.807, 2.05) is 29.2 Å². The number of hydrogen-bond donors (Lipinski definition) is 1. The van der Waals surface area contributed by atoms with Crippen LogP contribution in [-0.2, 0) is 14.3 Å². The van der Waals surface area contributed by atoms with Gasteiger partial charge in [0.15, 0.2) is 0 Å². The highest BCUT2D eigenvalue weighted by molar-refractivity contribution is 5.95. The Bertz CT molecular complexity index is 1000. The Hall–Kier alpha value is -3.07. The van der Waals surface area contributed by atoms with Crippen LogP contribution in [0.4, 0.5) is 4.79 Å². The first-order chi connectivity index (χ1) is 17.4. The first-order valence-electron chi connectivity index (χ1n) is 13.0. The maximum atomic E-state index is 13.3. The van der Waals surface area contributed by atoms with Crippen LogP contribution in [0.1, 0.15) is 50.6 Å². The predicted molar refractivity (Wildman–Crippen MR) is 135 cm³/mol. The maximum absolute atomic E-state index is 13.3. The summed E-state index contributed by atoms with van der Waals surface area (Å²) in [4.78, 5) is 45.0. The lowest BCUT2D eigenvalue weighted by Gasteiger charge is -2.37. The second kappa shape index (κ2) is 11.8. The third kappa shape index (κ3) is 5.51. The number of benzene rings is 1. The molecule has 1 saturated carbocycles. The molecule has 0 aromatic heterocycles. The third-order valence-corrected chi connectivity index (χ3v) is 7.50. The van der Waals surface area contributed by atoms with E-state index in [1.54, 1.807) is 21.1 Å². The van der Waals surface area contributed by atoms with Crippen molar-refractivity contribution in [2.75, 3.05) is 53.5 Å². The number of nitrogens with one attached hydrogen (secondary N) is 1. The zero-order valence-corrected chi connectivity index (χ0v) is 21.6. The number of hydrogen-bond acceptors (Lipinski definition) is 6. The predicted octanol–water partition coefficient (Wildman–Crippen LogP) is 2.93. The lowest BCUT2D eigenvalue weighted by molar-refractivity contribution is -0.139. The fraction of sp³-hybridized carbons (Fsp3) is 0.593. The van der Waals surface area contributed by atoms with Crippen LogP contribution in [0.15, 0.2) is 35.5 Å². The van der Waals surface area contributed by atoms with Gasteiger partial charge in [-0.25, -0.2) is 9.59 Å². The number of nitrogens with zero attached hydrogens (tertiary/aromatic N) is 3. The molecule has 3 amide bonds. The number of para-hydroxylation sites is 1. The van der Waals surface area contributed by atoms with Crippen LogP contribution in [-0.4, -0.2) is 86.1 Å². The van der Waals surface area contributed by atoms with Crippen LogP contribution in [0, 0.1) is 5.92 Å². The Morgan fingerprint density at radius 1 is 1.06 bits per heavy atom. The molecule has 0 radical (unpaired) electrons. The van der Waals surface area contributed by atoms with Crippen molar-refractivity contribution >= 4 is 17.9 Å². The molecule has 196 valence electrons. The summed E-state index contributed by atoms with van der Waals surface area (Å²) >= 11 is 0. The molecule has 0 spiro atoms. The average Bonchev–Trinajstić information content (AvgIpc) is 3.33. The summed E-state index contributed by atoms with van der Waals surface area (Å²) in [5.41, 5.74) is 1.72. The van der Waals surface area contributed by atoms with Gasteiger partial charge in [0.1, 0.15) is 5.75 Å². The molecule has 4 rings (SSSR count). The molecule has 9 nitrogen and oxygen atoms in total. The van der Waals surface area contributed by atoms with Crippen LogP contribution in [0.25, 0.3) is 0 Å². The summed E-state index contributed by atoms with van der Waals surface area (Å²) in [5.74, 6) is 0.586. The van der Waals surface area contributed by atoms with Gasteiger partial charge in [0, 0.05) is 56.9 Å². The molecule has 1 aromatic carbocycles. The minimum Gasteiger partial charge on any atom is -0.496 e. The normalized spacial score (nSPS) is 21.9. The van der Waals surface area contributed by atoms with E-state index in [0.29, 0.717) is 42.2 Å². The number of ether oxygens (including phenoxy) is 2. The minimum atomic E-state index is -0.689. The minimum absolute atomic E-state index is 0.171. The zero-order chi connectivity index (χ0) is 25.7. The van der Waals surface area contributed by atoms with Crippen LogP contribution >= 0.6 is 0 Å². The number of amides is 3. The standard InChI is InChI=1S/C27H38N4O5/c1-4-36-26(33)23-21(29(2)27(34)28-24(23)20-12-7-8-13-22(20)35-3)18-30-14-9-15-31(17-16-30)25(32)19-10-5-6-11-19/h7-8,12-13,19,24H,4-6,9-11,14-18H2,1-3H3,(H,28,34). The smallest absolute Gasteiger partial charge is 0.338 e. The van der Waals surface area contributed by atoms with Crippen LogP contribution in [0.2, 0.25) is 0 Å². The Labute approximate surface area is 213 Å². The lowest BCUT2D eigenvalue weighted by atomic mass is 9.93. The number of esters is 1. The number of rotatable bonds is 7. The van der Waals surface area contributed by atoms with Gasteiger partial charge in [-0.3, -0.25) is 14.6 Å². The molecule has 36 heavy (non-hydrogen) atoms. The van der Waals surface area contributed by atoms with E-state index in [4.69, 9.17) is 9.47 Å². The van der Waals surface area contributed by atoms with Crippen molar-refractivity contribution in [2.24, 2.45) is 5.92 Å². The highest BCUT2D eigenvalue weighted by Gasteiger charge is 2.39. The van der Waals surface area contributed by atoms with Crippen molar-refractivity contribution in [3.8, 4) is 5.75 Å². The summed E-state index contributed by atoms with van der Waals surface area (Å²) in [7, 11) is 3.25. The fourth-order valence-corrected chi connectivity index (χ4v) is 5.53. The molecular weight excluding hydrogens is 460 g/mol. The van der Waals surface area contributed by atoms with Gasteiger partial charge in [0.25, 0.3) is 0 Å². The molecule has 1 N–H and O–H groups in total. The van der Waals surface area contributed by atoms with Crippen molar-refractivity contribution in [3.05, 3.63) is 41.1 Å². The van der Waals surface area contributed by atoms with E-state index in [9.17, 15) is 14.4 Å². The van der Waals surface area contributed by atoms with Gasteiger partial charge in [0.05, 0.1) is 25.3 Å². The number of urea groups is 1. The third-order valence-electron chi connectivity index (χ3n) is 7.50. The van der Waals surface area contributed by atoms with Crippen LogP contribution in [0.5, 0.6) is 5.75 Å². The molecule has 2 aliphatic heterocycles. The van der Waals surface area contributed by atoms with Gasteiger partial charge in [-0.15, -0.1) is 0 Å². The zero-order valence-electron chi connectivity index (χ0n) is 21.6. The van der Waals surface area contributed by atoms with Crippen LogP contribution < -0.4 is 10.1 Å². The van der Waals surface area contributed by atoms with E-state index in [0.717, 1.165) is 45.2 Å². The highest BCUT2D eigenvalue weighted by Crippen LogP contribution is 2.36. The fourth-order valence-electron chi connectivity index (χ4n) is 5.53. The second-order valence-corrected chi connectivity index (χ2v) is 9.70. The second-order valence-electron chi connectivity index (χ2n) is 9.70. The Morgan fingerprint density at radius 2 is 1.81 bits per heavy atom. The molecular formula is C27H38N4O5. The lowest BCUT2D eigenvalue weighted by Crippen LogP contribution is -2.49. The van der Waals surface area contributed by atoms with E-state index in [-0.39, 0.29) is 24.5 Å². The molecule has 1 unspecified atom stereocenters. The van der Waals surface area contributed by atoms with Gasteiger partial charge in [-0.05, 0) is 32.3 Å². The van der Waals surface area contributed by atoms with Crippen molar-refractivity contribution in [1.29, 1.82) is 0 Å². The molecule has 0 bridgehead atoms. The Balaban J connectivity index is 1.61. The largest absolute Gasteiger partial charge is 0.496 e. The van der Waals surface area contributed by atoms with Crippen molar-refractivity contribution in [1.82, 2.24) is 20.0 Å². The number of carbonyl (C=O) groups is 3. The Kier molecular flexibility index (Phi) is 8.51. The average molecular weight is 499 g/mol. The van der Waals surface area contributed by atoms with Gasteiger partial charge in [0.2, 0.25) is 5.91 Å². The molecule has 3 aliphatic rings. The molecule has 1 atom stereocenters. The summed E-state index contributed by atoms with van der Waals surface area (Å²) in [5, 5.41) is 2.96. The summed E-state index contributed by atoms with van der Waals surface area (Å²) in [6.45, 7) is 5.28. The molecule has 1 aromatic rings. The maximum Gasteiger partial charge on any atom is 0.338 e. The first kappa shape index (κ1) is 26.0. The van der Waals surface area contributed by atoms with Gasteiger partial charge >= 0.3 is 12.0 Å². The van der Waals surface area contributed by atoms with Gasteiger partial charge in [-0.1, -0.05) is 31.0 Å². The van der Waals surface area contributed by atoms with Gasteiger partial charge < -0.3 is 19.7 Å². The van der Waals surface area contributed by atoms with Gasteiger partial charge in [-0.2, -0.15) is 0 Å².